The molecule has 0 spiro atoms. The average Bonchev–Trinajstić information content (AvgIpc) is 2.75. The summed E-state index contributed by atoms with van der Waals surface area (Å²) in [5.74, 6) is 2.72. The van der Waals surface area contributed by atoms with Crippen LogP contribution in [0.4, 0.5) is 0 Å². The molecule has 0 aromatic rings. The third-order valence-corrected chi connectivity index (χ3v) is 9.38. The van der Waals surface area contributed by atoms with Crippen molar-refractivity contribution in [3.8, 4) is 0 Å². The fourth-order valence-electron chi connectivity index (χ4n) is 6.65. The Hall–Kier alpha value is 0.200. The Morgan fingerprint density at radius 3 is 2.44 bits per heavy atom. The van der Waals surface area contributed by atoms with Gasteiger partial charge in [-0.15, -0.1) is 23.2 Å². The molecule has 3 rings (SSSR count). The second-order valence-corrected chi connectivity index (χ2v) is 14.4. The molecule has 0 radical (unpaired) electrons. The first-order valence-corrected chi connectivity index (χ1v) is 15.1. The van der Waals surface area contributed by atoms with Crippen molar-refractivity contribution in [3.05, 3.63) is 11.6 Å². The zero-order valence-corrected chi connectivity index (χ0v) is 24.4. The van der Waals surface area contributed by atoms with Gasteiger partial charge in [0.05, 0.1) is 0 Å². The lowest BCUT2D eigenvalue weighted by Crippen LogP contribution is -2.53. The van der Waals surface area contributed by atoms with E-state index in [9.17, 15) is 0 Å². The number of alkyl halides is 2. The first kappa shape index (κ1) is 28.8. The van der Waals surface area contributed by atoms with E-state index in [-0.39, 0.29) is 0 Å². The van der Waals surface area contributed by atoms with Gasteiger partial charge in [-0.1, -0.05) is 53.2 Å². The van der Waals surface area contributed by atoms with Crippen molar-refractivity contribution in [1.29, 1.82) is 0 Å². The number of halogens is 2. The summed E-state index contributed by atoms with van der Waals surface area (Å²) in [5, 5.41) is 8.42. The van der Waals surface area contributed by atoms with Crippen LogP contribution in [0, 0.1) is 29.1 Å². The molecule has 1 aliphatic heterocycles. The van der Waals surface area contributed by atoms with E-state index in [1.54, 1.807) is 5.57 Å². The summed E-state index contributed by atoms with van der Waals surface area (Å²) < 4.78 is 0. The lowest BCUT2D eigenvalue weighted by molar-refractivity contribution is 0.0590. The van der Waals surface area contributed by atoms with Gasteiger partial charge in [-0.25, -0.2) is 0 Å². The van der Waals surface area contributed by atoms with E-state index >= 15 is 0 Å². The van der Waals surface area contributed by atoms with E-state index < -0.39 is 0 Å². The number of piperidine rings is 1. The molecule has 0 aromatic carbocycles. The quantitative estimate of drug-likeness (QED) is 0.251. The first-order valence-electron chi connectivity index (χ1n) is 14.2. The molecule has 198 valence electrons. The van der Waals surface area contributed by atoms with Gasteiger partial charge in [-0.2, -0.15) is 0 Å². The summed E-state index contributed by atoms with van der Waals surface area (Å²) in [4.78, 5) is 2.74. The van der Waals surface area contributed by atoms with Gasteiger partial charge in [-0.3, -0.25) is 0 Å². The Morgan fingerprint density at radius 1 is 1.06 bits per heavy atom. The van der Waals surface area contributed by atoms with Gasteiger partial charge in [-0.05, 0) is 93.7 Å². The predicted molar refractivity (Wildman–Crippen MR) is 150 cm³/mol. The highest BCUT2D eigenvalue weighted by atomic mass is 35.5. The van der Waals surface area contributed by atoms with E-state index in [0.717, 1.165) is 51.2 Å². The molecule has 1 saturated heterocycles. The maximum Gasteiger partial charge on any atom is 0.0373 e. The summed E-state index contributed by atoms with van der Waals surface area (Å²) in [5.41, 5.74) is 2.02. The number of allylic oxidation sites excluding steroid dienone is 2. The van der Waals surface area contributed by atoms with E-state index in [4.69, 9.17) is 23.2 Å². The van der Waals surface area contributed by atoms with Crippen LogP contribution in [0.25, 0.3) is 0 Å². The number of rotatable bonds is 10. The number of nitrogens with zero attached hydrogens (tertiary/aromatic N) is 1. The predicted octanol–water partition coefficient (Wildman–Crippen LogP) is 6.69. The van der Waals surface area contributed by atoms with Gasteiger partial charge in [0.25, 0.3) is 0 Å². The topological polar surface area (TPSA) is 27.3 Å². The number of nitrogens with one attached hydrogen (secondary N) is 2. The van der Waals surface area contributed by atoms with Gasteiger partial charge < -0.3 is 15.5 Å². The molecule has 0 amide bonds. The summed E-state index contributed by atoms with van der Waals surface area (Å²) in [7, 11) is 0. The van der Waals surface area contributed by atoms with Gasteiger partial charge in [0, 0.05) is 35.9 Å². The van der Waals surface area contributed by atoms with Gasteiger partial charge in [0.1, 0.15) is 0 Å². The third kappa shape index (κ3) is 8.65. The van der Waals surface area contributed by atoms with Crippen molar-refractivity contribution in [2.24, 2.45) is 29.1 Å². The summed E-state index contributed by atoms with van der Waals surface area (Å²) in [6.07, 6.45) is 10.7. The fourth-order valence-corrected chi connectivity index (χ4v) is 7.32. The maximum atomic E-state index is 6.68. The standard InChI is InChI=1S/C29H53Cl2N3/c1-20(2)16-32-26-14-22(13-25(31)15-26)17-33-28(21(3)4)18-34-12-11-27(29(5,6)19-34)23-7-9-24(30)10-8-23/h7,20-22,24-28,32-33H,8-19H2,1-6H3/t22?,24?,25?,26?,27?,28-/m0/s1. The summed E-state index contributed by atoms with van der Waals surface area (Å²) >= 11 is 13.0. The zero-order chi connectivity index (χ0) is 24.9. The summed E-state index contributed by atoms with van der Waals surface area (Å²) in [6.45, 7) is 20.1. The van der Waals surface area contributed by atoms with Gasteiger partial charge >= 0.3 is 0 Å². The Bertz CT molecular complexity index is 647. The molecule has 6 atom stereocenters. The third-order valence-electron chi connectivity index (χ3n) is 8.63. The normalized spacial score (nSPS) is 33.8. The van der Waals surface area contributed by atoms with Crippen LogP contribution >= 0.6 is 23.2 Å². The van der Waals surface area contributed by atoms with Crippen molar-refractivity contribution in [1.82, 2.24) is 15.5 Å². The molecule has 1 saturated carbocycles. The Morgan fingerprint density at radius 2 is 1.82 bits per heavy atom. The zero-order valence-electron chi connectivity index (χ0n) is 22.9. The number of hydrogen-bond acceptors (Lipinski definition) is 3. The number of hydrogen-bond donors (Lipinski definition) is 2. The average molecular weight is 515 g/mol. The van der Waals surface area contributed by atoms with Crippen molar-refractivity contribution in [2.45, 2.75) is 109 Å². The highest BCUT2D eigenvalue weighted by Gasteiger charge is 2.39. The van der Waals surface area contributed by atoms with E-state index in [0.29, 0.717) is 46.0 Å². The molecule has 3 nitrogen and oxygen atoms in total. The van der Waals surface area contributed by atoms with Crippen molar-refractivity contribution >= 4 is 23.2 Å². The van der Waals surface area contributed by atoms with Crippen LogP contribution in [0.2, 0.25) is 0 Å². The highest BCUT2D eigenvalue weighted by Crippen LogP contribution is 2.43. The van der Waals surface area contributed by atoms with E-state index in [1.165, 1.54) is 32.4 Å². The van der Waals surface area contributed by atoms with E-state index in [1.807, 2.05) is 0 Å². The lowest BCUT2D eigenvalue weighted by Gasteiger charge is -2.47. The smallest absolute Gasteiger partial charge is 0.0373 e. The molecule has 5 heteroatoms. The maximum absolute atomic E-state index is 6.68. The molecule has 0 aromatic heterocycles. The highest BCUT2D eigenvalue weighted by molar-refractivity contribution is 6.20. The van der Waals surface area contributed by atoms with Crippen molar-refractivity contribution in [3.63, 3.8) is 0 Å². The number of likely N-dealkylation sites (tertiary alicyclic amines) is 1. The Labute approximate surface area is 221 Å². The summed E-state index contributed by atoms with van der Waals surface area (Å²) in [6, 6.07) is 1.11. The van der Waals surface area contributed by atoms with Crippen LogP contribution < -0.4 is 10.6 Å². The Kier molecular flexibility index (Phi) is 11.1. The first-order chi connectivity index (χ1) is 16.0. The molecule has 34 heavy (non-hydrogen) atoms. The minimum Gasteiger partial charge on any atom is -0.314 e. The van der Waals surface area contributed by atoms with Crippen LogP contribution in [0.15, 0.2) is 11.6 Å². The second-order valence-electron chi connectivity index (χ2n) is 13.1. The monoisotopic (exact) mass is 513 g/mol. The van der Waals surface area contributed by atoms with Crippen LogP contribution in [0.5, 0.6) is 0 Å². The minimum atomic E-state index is 0.311. The van der Waals surface area contributed by atoms with Crippen LogP contribution in [-0.2, 0) is 0 Å². The van der Waals surface area contributed by atoms with Crippen LogP contribution in [0.1, 0.15) is 86.5 Å². The van der Waals surface area contributed by atoms with Crippen LogP contribution in [0.3, 0.4) is 0 Å². The Balaban J connectivity index is 1.50. The molecule has 2 fully saturated rings. The molecule has 0 bridgehead atoms. The van der Waals surface area contributed by atoms with Gasteiger partial charge in [0.15, 0.2) is 0 Å². The van der Waals surface area contributed by atoms with Crippen LogP contribution in [-0.4, -0.2) is 60.5 Å². The van der Waals surface area contributed by atoms with Crippen molar-refractivity contribution in [2.75, 3.05) is 32.7 Å². The largest absolute Gasteiger partial charge is 0.314 e. The molecule has 5 unspecified atom stereocenters. The lowest BCUT2D eigenvalue weighted by atomic mass is 9.68. The SMILES string of the molecule is CC(C)CNC1CC(Cl)CC(CN[C@@H](CN2CCC(C3=CCC(Cl)CC3)C(C)(C)C2)C(C)C)C1. The molecule has 2 N–H and O–H groups in total. The van der Waals surface area contributed by atoms with Gasteiger partial charge in [0.2, 0.25) is 0 Å². The molecular formula is C29H53Cl2N3. The minimum absolute atomic E-state index is 0.311. The molecule has 3 aliphatic rings. The second kappa shape index (κ2) is 13.1. The molecular weight excluding hydrogens is 461 g/mol. The fraction of sp³-hybridized carbons (Fsp3) is 0.931. The molecule has 2 aliphatic carbocycles. The van der Waals surface area contributed by atoms with E-state index in [2.05, 4.69) is 63.2 Å². The van der Waals surface area contributed by atoms with Crippen molar-refractivity contribution < 1.29 is 0 Å². The molecule has 1 heterocycles.